The van der Waals surface area contributed by atoms with Crippen molar-refractivity contribution in [3.05, 3.63) is 59.7 Å². The minimum Gasteiger partial charge on any atom is -0.399 e. The third kappa shape index (κ3) is 5.55. The maximum absolute atomic E-state index is 13.6. The van der Waals surface area contributed by atoms with Gasteiger partial charge in [-0.25, -0.2) is 13.8 Å². The molecule has 11 nitrogen and oxygen atoms in total. The van der Waals surface area contributed by atoms with Gasteiger partial charge >= 0.3 is 0 Å². The summed E-state index contributed by atoms with van der Waals surface area (Å²) < 4.78 is 23.9. The van der Waals surface area contributed by atoms with Gasteiger partial charge in [0.25, 0.3) is 17.7 Å². The van der Waals surface area contributed by atoms with E-state index in [-0.39, 0.29) is 35.2 Å². The van der Waals surface area contributed by atoms with E-state index in [0.717, 1.165) is 6.26 Å². The van der Waals surface area contributed by atoms with Crippen LogP contribution in [0.25, 0.3) is 0 Å². The summed E-state index contributed by atoms with van der Waals surface area (Å²) in [5.41, 5.74) is 9.63. The largest absolute Gasteiger partial charge is 0.399 e. The van der Waals surface area contributed by atoms with Gasteiger partial charge in [-0.1, -0.05) is 19.9 Å². The monoisotopic (exact) mass is 541 g/mol. The van der Waals surface area contributed by atoms with Gasteiger partial charge in [-0.3, -0.25) is 24.2 Å². The first-order valence-corrected chi connectivity index (χ1v) is 14.1. The number of sulfone groups is 1. The topological polar surface area (TPSA) is 159 Å². The lowest BCUT2D eigenvalue weighted by atomic mass is 10.0. The first kappa shape index (κ1) is 27.3. The van der Waals surface area contributed by atoms with Crippen LogP contribution in [0.5, 0.6) is 0 Å². The number of benzene rings is 2. The van der Waals surface area contributed by atoms with E-state index < -0.39 is 45.7 Å². The first-order chi connectivity index (χ1) is 17.9. The second-order valence-corrected chi connectivity index (χ2v) is 12.1. The third-order valence-electron chi connectivity index (χ3n) is 6.66. The first-order valence-electron chi connectivity index (χ1n) is 12.2. The molecule has 0 aromatic heterocycles. The highest BCUT2D eigenvalue weighted by Gasteiger charge is 2.52. The molecular formula is C26H31N5O6S. The van der Waals surface area contributed by atoms with Gasteiger partial charge in [0.15, 0.2) is 15.6 Å². The SMILES string of the molecule is CC(C)C[C@H](NC(=O)c1ccc(N)cc1)C(=O)N1NCC2C1C(=O)CN2C(=O)c1cccc(S(C)(=O)=O)c1. The number of hydrazine groups is 1. The third-order valence-corrected chi connectivity index (χ3v) is 7.77. The molecule has 2 aromatic rings. The molecular weight excluding hydrogens is 510 g/mol. The predicted molar refractivity (Wildman–Crippen MR) is 140 cm³/mol. The van der Waals surface area contributed by atoms with Crippen LogP contribution in [0.1, 0.15) is 41.0 Å². The molecule has 0 bridgehead atoms. The molecule has 202 valence electrons. The van der Waals surface area contributed by atoms with Gasteiger partial charge in [-0.15, -0.1) is 0 Å². The number of amides is 3. The van der Waals surface area contributed by atoms with Gasteiger partial charge in [0.2, 0.25) is 0 Å². The van der Waals surface area contributed by atoms with Crippen LogP contribution in [0, 0.1) is 5.92 Å². The Hall–Kier alpha value is -3.77. The minimum absolute atomic E-state index is 0.000135. The van der Waals surface area contributed by atoms with Crippen LogP contribution in [0.4, 0.5) is 5.69 Å². The number of Topliss-reactive ketones (excluding diaryl/α,β-unsaturated/α-hetero) is 1. The number of hydrogen-bond donors (Lipinski definition) is 3. The molecule has 2 fully saturated rings. The number of likely N-dealkylation sites (tertiary alicyclic amines) is 1. The number of nitrogens with one attached hydrogen (secondary N) is 2. The van der Waals surface area contributed by atoms with Gasteiger partial charge in [0, 0.05) is 29.6 Å². The lowest BCUT2D eigenvalue weighted by Gasteiger charge is -2.28. The molecule has 4 rings (SSSR count). The van der Waals surface area contributed by atoms with E-state index in [1.165, 1.54) is 34.2 Å². The zero-order valence-electron chi connectivity index (χ0n) is 21.4. The Kier molecular flexibility index (Phi) is 7.56. The van der Waals surface area contributed by atoms with Crippen LogP contribution >= 0.6 is 0 Å². The van der Waals surface area contributed by atoms with Crippen LogP contribution < -0.4 is 16.5 Å². The molecule has 2 aliphatic rings. The number of anilines is 1. The van der Waals surface area contributed by atoms with E-state index in [0.29, 0.717) is 17.7 Å². The molecule has 3 atom stereocenters. The summed E-state index contributed by atoms with van der Waals surface area (Å²) in [4.78, 5) is 54.1. The maximum Gasteiger partial charge on any atom is 0.260 e. The van der Waals surface area contributed by atoms with Crippen LogP contribution in [0.3, 0.4) is 0 Å². The summed E-state index contributed by atoms with van der Waals surface area (Å²) in [6.45, 7) is 3.78. The molecule has 12 heteroatoms. The number of nitrogen functional groups attached to an aromatic ring is 1. The van der Waals surface area contributed by atoms with Crippen LogP contribution in [-0.2, 0) is 19.4 Å². The summed E-state index contributed by atoms with van der Waals surface area (Å²) in [5.74, 6) is -1.68. The molecule has 2 aliphatic heterocycles. The van der Waals surface area contributed by atoms with E-state index in [2.05, 4.69) is 10.7 Å². The summed E-state index contributed by atoms with van der Waals surface area (Å²) >= 11 is 0. The minimum atomic E-state index is -3.53. The van der Waals surface area contributed by atoms with Gasteiger partial charge in [0.1, 0.15) is 12.1 Å². The van der Waals surface area contributed by atoms with E-state index in [1.807, 2.05) is 13.8 Å². The lowest BCUT2D eigenvalue weighted by Crippen LogP contribution is -2.55. The van der Waals surface area contributed by atoms with Gasteiger partial charge in [0.05, 0.1) is 17.5 Å². The van der Waals surface area contributed by atoms with Crippen molar-refractivity contribution in [1.82, 2.24) is 20.7 Å². The Balaban J connectivity index is 1.53. The number of nitrogens with two attached hydrogens (primary N) is 1. The van der Waals surface area contributed by atoms with Crippen LogP contribution in [0.15, 0.2) is 53.4 Å². The van der Waals surface area contributed by atoms with E-state index in [1.54, 1.807) is 24.3 Å². The molecule has 2 aromatic carbocycles. The van der Waals surface area contributed by atoms with Crippen molar-refractivity contribution in [2.45, 2.75) is 43.3 Å². The average Bonchev–Trinajstić information content (AvgIpc) is 3.43. The van der Waals surface area contributed by atoms with Crippen LogP contribution in [-0.4, -0.2) is 79.3 Å². The van der Waals surface area contributed by atoms with Crippen LogP contribution in [0.2, 0.25) is 0 Å². The smallest absolute Gasteiger partial charge is 0.260 e. The van der Waals surface area contributed by atoms with E-state index >= 15 is 0 Å². The van der Waals surface area contributed by atoms with Crippen molar-refractivity contribution >= 4 is 39.0 Å². The predicted octanol–water partition coefficient (Wildman–Crippen LogP) is 0.626. The number of ketones is 1. The molecule has 0 spiro atoms. The Bertz CT molecular complexity index is 1370. The standard InChI is InChI=1S/C26H31N5O6S/c1-15(2)11-20(29-24(33)16-7-9-18(27)10-8-16)26(35)31-23-21(13-28-31)30(14-22(23)32)25(34)17-5-4-6-19(12-17)38(3,36)37/h4-10,12,15,20-21,23,28H,11,13-14,27H2,1-3H3,(H,29,33)/t20-,21?,23?/m0/s1. The Morgan fingerprint density at radius 3 is 2.42 bits per heavy atom. The number of carbonyl (C=O) groups excluding carboxylic acids is 4. The number of hydrogen-bond acceptors (Lipinski definition) is 8. The van der Waals surface area contributed by atoms with Crippen molar-refractivity contribution in [2.24, 2.45) is 5.92 Å². The zero-order valence-corrected chi connectivity index (χ0v) is 22.2. The normalized spacial score (nSPS) is 19.9. The van der Waals surface area contributed by atoms with Gasteiger partial charge in [-0.05, 0) is 54.8 Å². The summed E-state index contributed by atoms with van der Waals surface area (Å²) in [6, 6.07) is 9.50. The molecule has 0 aliphatic carbocycles. The Morgan fingerprint density at radius 2 is 1.79 bits per heavy atom. The molecule has 4 N–H and O–H groups in total. The van der Waals surface area contributed by atoms with Crippen molar-refractivity contribution < 1.29 is 27.6 Å². The van der Waals surface area contributed by atoms with Crippen molar-refractivity contribution in [2.75, 3.05) is 25.1 Å². The average molecular weight is 542 g/mol. The summed E-state index contributed by atoms with van der Waals surface area (Å²) in [6.07, 6.45) is 1.39. The van der Waals surface area contributed by atoms with E-state index in [4.69, 9.17) is 5.73 Å². The molecule has 0 radical (unpaired) electrons. The molecule has 2 saturated heterocycles. The Morgan fingerprint density at radius 1 is 1.11 bits per heavy atom. The summed E-state index contributed by atoms with van der Waals surface area (Å²) in [5, 5.41) is 4.00. The molecule has 2 unspecified atom stereocenters. The Labute approximate surface area is 221 Å². The number of carbonyl (C=O) groups is 4. The highest BCUT2D eigenvalue weighted by molar-refractivity contribution is 7.90. The van der Waals surface area contributed by atoms with Crippen molar-refractivity contribution in [1.29, 1.82) is 0 Å². The highest BCUT2D eigenvalue weighted by Crippen LogP contribution is 2.27. The lowest BCUT2D eigenvalue weighted by molar-refractivity contribution is -0.141. The fourth-order valence-electron chi connectivity index (χ4n) is 4.79. The van der Waals surface area contributed by atoms with Crippen molar-refractivity contribution in [3.8, 4) is 0 Å². The maximum atomic E-state index is 13.6. The van der Waals surface area contributed by atoms with Gasteiger partial charge in [-0.2, -0.15) is 0 Å². The summed E-state index contributed by atoms with van der Waals surface area (Å²) in [7, 11) is -3.53. The zero-order chi connectivity index (χ0) is 27.8. The molecule has 38 heavy (non-hydrogen) atoms. The second kappa shape index (κ2) is 10.5. The number of rotatable bonds is 7. The molecule has 0 saturated carbocycles. The number of fused-ring (bicyclic) bond motifs is 1. The number of nitrogens with zero attached hydrogens (tertiary/aromatic N) is 2. The fraction of sp³-hybridized carbons (Fsp3) is 0.385. The van der Waals surface area contributed by atoms with Crippen molar-refractivity contribution in [3.63, 3.8) is 0 Å². The highest BCUT2D eigenvalue weighted by atomic mass is 32.2. The quantitative estimate of drug-likeness (QED) is 0.431. The fourth-order valence-corrected chi connectivity index (χ4v) is 5.46. The molecule has 3 amide bonds. The van der Waals surface area contributed by atoms with E-state index in [9.17, 15) is 27.6 Å². The van der Waals surface area contributed by atoms with Gasteiger partial charge < -0.3 is 16.0 Å². The second-order valence-electron chi connectivity index (χ2n) is 10.1. The molecule has 2 heterocycles.